The van der Waals surface area contributed by atoms with Crippen molar-refractivity contribution < 1.29 is 0 Å². The third-order valence-corrected chi connectivity index (χ3v) is 3.24. The highest BCUT2D eigenvalue weighted by Gasteiger charge is 2.10. The molecule has 0 aliphatic rings. The minimum absolute atomic E-state index is 0.710. The van der Waals surface area contributed by atoms with Crippen LogP contribution in [0.25, 0.3) is 22.3 Å². The Morgan fingerprint density at radius 2 is 2.11 bits per heavy atom. The maximum absolute atomic E-state index is 4.53. The summed E-state index contributed by atoms with van der Waals surface area (Å²) in [5, 5.41) is 11.0. The summed E-state index contributed by atoms with van der Waals surface area (Å²) in [4.78, 5) is 8.69. The molecule has 1 N–H and O–H groups in total. The summed E-state index contributed by atoms with van der Waals surface area (Å²) in [6, 6.07) is 6.06. The molecule has 3 aromatic rings. The zero-order valence-corrected chi connectivity index (χ0v) is 11.0. The van der Waals surface area contributed by atoms with Crippen LogP contribution in [0.5, 0.6) is 0 Å². The van der Waals surface area contributed by atoms with Gasteiger partial charge in [-0.15, -0.1) is 10.2 Å². The van der Waals surface area contributed by atoms with Crippen LogP contribution in [0.2, 0.25) is 0 Å². The van der Waals surface area contributed by atoms with Crippen molar-refractivity contribution in [3.8, 4) is 11.3 Å². The van der Waals surface area contributed by atoms with Crippen LogP contribution in [0.15, 0.2) is 24.5 Å². The lowest BCUT2D eigenvalue weighted by atomic mass is 10.1. The predicted molar refractivity (Wildman–Crippen MR) is 73.8 cm³/mol. The van der Waals surface area contributed by atoms with E-state index < -0.39 is 0 Å². The Bertz CT molecular complexity index is 746. The standard InChI is InChI=1S/C13H14N6/c1-8-17-10-6-9(4-5-11(10)19(8)3)12-13(14-2)15-7-16-18-12/h4-7H,1-3H3,(H,14,15,16). The number of aryl methyl sites for hydroxylation is 2. The first-order valence-corrected chi connectivity index (χ1v) is 5.99. The van der Waals surface area contributed by atoms with E-state index in [4.69, 9.17) is 0 Å². The third kappa shape index (κ3) is 1.81. The molecule has 0 amide bonds. The van der Waals surface area contributed by atoms with E-state index in [0.29, 0.717) is 5.82 Å². The maximum atomic E-state index is 4.53. The molecule has 0 fully saturated rings. The second-order valence-corrected chi connectivity index (χ2v) is 4.33. The lowest BCUT2D eigenvalue weighted by molar-refractivity contribution is 0.886. The van der Waals surface area contributed by atoms with Gasteiger partial charge < -0.3 is 9.88 Å². The molecule has 19 heavy (non-hydrogen) atoms. The SMILES string of the molecule is CNc1ncnnc1-c1ccc2c(c1)nc(C)n2C. The summed E-state index contributed by atoms with van der Waals surface area (Å²) in [5.74, 6) is 1.69. The highest BCUT2D eigenvalue weighted by molar-refractivity contribution is 5.84. The third-order valence-electron chi connectivity index (χ3n) is 3.24. The van der Waals surface area contributed by atoms with Gasteiger partial charge in [-0.05, 0) is 19.1 Å². The van der Waals surface area contributed by atoms with Crippen LogP contribution < -0.4 is 5.32 Å². The molecule has 0 aliphatic heterocycles. The Morgan fingerprint density at radius 3 is 2.89 bits per heavy atom. The topological polar surface area (TPSA) is 68.5 Å². The van der Waals surface area contributed by atoms with E-state index in [-0.39, 0.29) is 0 Å². The number of hydrogen-bond acceptors (Lipinski definition) is 5. The van der Waals surface area contributed by atoms with Gasteiger partial charge in [0.15, 0.2) is 5.82 Å². The van der Waals surface area contributed by atoms with Gasteiger partial charge in [-0.2, -0.15) is 0 Å². The van der Waals surface area contributed by atoms with Crippen molar-refractivity contribution in [2.75, 3.05) is 12.4 Å². The molecule has 0 aliphatic carbocycles. The van der Waals surface area contributed by atoms with Gasteiger partial charge in [0.1, 0.15) is 17.8 Å². The van der Waals surface area contributed by atoms with E-state index in [1.165, 1.54) is 6.33 Å². The van der Waals surface area contributed by atoms with E-state index in [0.717, 1.165) is 28.1 Å². The summed E-state index contributed by atoms with van der Waals surface area (Å²) >= 11 is 0. The quantitative estimate of drug-likeness (QED) is 0.755. The fourth-order valence-electron chi connectivity index (χ4n) is 2.12. The lowest BCUT2D eigenvalue weighted by Gasteiger charge is -2.05. The van der Waals surface area contributed by atoms with Crippen LogP contribution >= 0.6 is 0 Å². The van der Waals surface area contributed by atoms with Crippen molar-refractivity contribution in [1.82, 2.24) is 24.7 Å². The summed E-state index contributed by atoms with van der Waals surface area (Å²) in [6.45, 7) is 1.99. The number of anilines is 1. The summed E-state index contributed by atoms with van der Waals surface area (Å²) in [6.07, 6.45) is 1.43. The lowest BCUT2D eigenvalue weighted by Crippen LogP contribution is -1.99. The first-order chi connectivity index (χ1) is 9.20. The van der Waals surface area contributed by atoms with E-state index in [1.54, 1.807) is 0 Å². The van der Waals surface area contributed by atoms with Crippen LogP contribution in [0.4, 0.5) is 5.82 Å². The molecule has 0 unspecified atom stereocenters. The van der Waals surface area contributed by atoms with Crippen molar-refractivity contribution >= 4 is 16.9 Å². The molecule has 0 saturated carbocycles. The molecule has 96 valence electrons. The van der Waals surface area contributed by atoms with Crippen LogP contribution in [0.3, 0.4) is 0 Å². The Labute approximate surface area is 110 Å². The Hall–Kier alpha value is -2.50. The van der Waals surface area contributed by atoms with Crippen LogP contribution in [-0.4, -0.2) is 31.8 Å². The van der Waals surface area contributed by atoms with Gasteiger partial charge in [0, 0.05) is 19.7 Å². The second-order valence-electron chi connectivity index (χ2n) is 4.33. The first-order valence-electron chi connectivity index (χ1n) is 5.99. The molecule has 6 nitrogen and oxygen atoms in total. The monoisotopic (exact) mass is 254 g/mol. The van der Waals surface area contributed by atoms with Crippen molar-refractivity contribution in [3.63, 3.8) is 0 Å². The largest absolute Gasteiger partial charge is 0.371 e. The molecule has 2 aromatic heterocycles. The van der Waals surface area contributed by atoms with E-state index in [2.05, 4.69) is 30.0 Å². The van der Waals surface area contributed by atoms with Gasteiger partial charge in [0.05, 0.1) is 11.0 Å². The molecule has 3 rings (SSSR count). The second kappa shape index (κ2) is 4.31. The number of nitrogens with one attached hydrogen (secondary N) is 1. The van der Waals surface area contributed by atoms with Gasteiger partial charge in [0.25, 0.3) is 0 Å². The Morgan fingerprint density at radius 1 is 1.26 bits per heavy atom. The molecule has 6 heteroatoms. The zero-order valence-electron chi connectivity index (χ0n) is 11.0. The molecule has 0 radical (unpaired) electrons. The van der Waals surface area contributed by atoms with Gasteiger partial charge >= 0.3 is 0 Å². The smallest absolute Gasteiger partial charge is 0.156 e. The number of imidazole rings is 1. The molecular weight excluding hydrogens is 240 g/mol. The first kappa shape index (κ1) is 11.6. The van der Waals surface area contributed by atoms with E-state index >= 15 is 0 Å². The molecule has 0 spiro atoms. The fourth-order valence-corrected chi connectivity index (χ4v) is 2.12. The summed E-state index contributed by atoms with van der Waals surface area (Å²) in [5.41, 5.74) is 3.74. The minimum atomic E-state index is 0.710. The molecule has 0 atom stereocenters. The van der Waals surface area contributed by atoms with Gasteiger partial charge in [-0.25, -0.2) is 9.97 Å². The average Bonchev–Trinajstić information content (AvgIpc) is 2.73. The fraction of sp³-hybridized carbons (Fsp3) is 0.231. The minimum Gasteiger partial charge on any atom is -0.371 e. The summed E-state index contributed by atoms with van der Waals surface area (Å²) in [7, 11) is 3.82. The molecule has 2 heterocycles. The van der Waals surface area contributed by atoms with Crippen molar-refractivity contribution in [3.05, 3.63) is 30.4 Å². The zero-order chi connectivity index (χ0) is 13.4. The molecular formula is C13H14N6. The van der Waals surface area contributed by atoms with E-state index in [1.807, 2.05) is 39.2 Å². The molecule has 0 saturated heterocycles. The number of rotatable bonds is 2. The van der Waals surface area contributed by atoms with Gasteiger partial charge in [-0.3, -0.25) is 0 Å². The number of aromatic nitrogens is 5. The van der Waals surface area contributed by atoms with Crippen molar-refractivity contribution in [2.45, 2.75) is 6.92 Å². The van der Waals surface area contributed by atoms with E-state index in [9.17, 15) is 0 Å². The number of fused-ring (bicyclic) bond motifs is 1. The van der Waals surface area contributed by atoms with Crippen molar-refractivity contribution in [1.29, 1.82) is 0 Å². The predicted octanol–water partition coefficient (Wildman–Crippen LogP) is 1.78. The highest BCUT2D eigenvalue weighted by Crippen LogP contribution is 2.26. The number of hydrogen-bond donors (Lipinski definition) is 1. The van der Waals surface area contributed by atoms with Crippen LogP contribution in [0.1, 0.15) is 5.82 Å². The average molecular weight is 254 g/mol. The number of nitrogens with zero attached hydrogens (tertiary/aromatic N) is 5. The Balaban J connectivity index is 2.20. The normalized spacial score (nSPS) is 10.9. The van der Waals surface area contributed by atoms with Crippen molar-refractivity contribution in [2.24, 2.45) is 7.05 Å². The molecule has 1 aromatic carbocycles. The Kier molecular flexibility index (Phi) is 2.63. The highest BCUT2D eigenvalue weighted by atomic mass is 15.2. The molecule has 0 bridgehead atoms. The number of benzene rings is 1. The van der Waals surface area contributed by atoms with Gasteiger partial charge in [-0.1, -0.05) is 6.07 Å². The van der Waals surface area contributed by atoms with Gasteiger partial charge in [0.2, 0.25) is 0 Å². The van der Waals surface area contributed by atoms with Crippen LogP contribution in [-0.2, 0) is 7.05 Å². The van der Waals surface area contributed by atoms with Crippen LogP contribution in [0, 0.1) is 6.92 Å². The summed E-state index contributed by atoms with van der Waals surface area (Å²) < 4.78 is 2.06. The maximum Gasteiger partial charge on any atom is 0.156 e.